The first-order valence-corrected chi connectivity index (χ1v) is 7.34. The summed E-state index contributed by atoms with van der Waals surface area (Å²) in [7, 11) is 0. The summed E-state index contributed by atoms with van der Waals surface area (Å²) in [6.45, 7) is 5.76. The van der Waals surface area contributed by atoms with E-state index in [0.29, 0.717) is 24.4 Å². The highest BCUT2D eigenvalue weighted by atomic mass is 35.5. The summed E-state index contributed by atoms with van der Waals surface area (Å²) >= 11 is 0. The molecule has 1 aromatic rings. The fourth-order valence-electron chi connectivity index (χ4n) is 2.44. The molecule has 0 spiro atoms. The molecular weight excluding hydrogens is 304 g/mol. The number of ether oxygens (including phenoxy) is 1. The van der Waals surface area contributed by atoms with Crippen molar-refractivity contribution in [2.75, 3.05) is 25.0 Å². The number of carbonyl (C=O) groups is 2. The van der Waals surface area contributed by atoms with Gasteiger partial charge < -0.3 is 15.4 Å². The number of esters is 1. The summed E-state index contributed by atoms with van der Waals surface area (Å²) in [5.74, 6) is -0.336. The number of nitrogens with one attached hydrogen (secondary N) is 2. The van der Waals surface area contributed by atoms with Crippen LogP contribution < -0.4 is 10.6 Å². The van der Waals surface area contributed by atoms with Crippen LogP contribution in [0, 0.1) is 5.41 Å². The summed E-state index contributed by atoms with van der Waals surface area (Å²) < 4.78 is 4.93. The molecule has 1 aliphatic rings. The van der Waals surface area contributed by atoms with Gasteiger partial charge in [-0.25, -0.2) is 4.79 Å². The monoisotopic (exact) mass is 326 g/mol. The zero-order valence-electron chi connectivity index (χ0n) is 13.0. The number of anilines is 1. The molecule has 1 heterocycles. The molecule has 1 unspecified atom stereocenters. The van der Waals surface area contributed by atoms with Crippen LogP contribution in [0.5, 0.6) is 0 Å². The second kappa shape index (κ2) is 8.15. The molecule has 6 heteroatoms. The number of piperidine rings is 1. The fourth-order valence-corrected chi connectivity index (χ4v) is 2.44. The third kappa shape index (κ3) is 4.45. The van der Waals surface area contributed by atoms with Crippen molar-refractivity contribution >= 4 is 30.0 Å². The topological polar surface area (TPSA) is 67.4 Å². The first kappa shape index (κ1) is 18.5. The molecule has 1 aromatic carbocycles. The lowest BCUT2D eigenvalue weighted by Crippen LogP contribution is -2.46. The van der Waals surface area contributed by atoms with Crippen molar-refractivity contribution in [2.24, 2.45) is 5.41 Å². The van der Waals surface area contributed by atoms with Crippen molar-refractivity contribution in [3.63, 3.8) is 0 Å². The average Bonchev–Trinajstić information content (AvgIpc) is 2.49. The zero-order chi connectivity index (χ0) is 15.3. The molecule has 5 nitrogen and oxygen atoms in total. The highest BCUT2D eigenvalue weighted by molar-refractivity contribution is 5.96. The third-order valence-corrected chi connectivity index (χ3v) is 3.80. The Morgan fingerprint density at radius 3 is 2.55 bits per heavy atom. The van der Waals surface area contributed by atoms with Crippen LogP contribution in [0.15, 0.2) is 24.3 Å². The molecule has 1 saturated heterocycles. The number of benzene rings is 1. The maximum atomic E-state index is 12.4. The molecule has 0 aromatic heterocycles. The lowest BCUT2D eigenvalue weighted by molar-refractivity contribution is -0.125. The minimum absolute atomic E-state index is 0. The summed E-state index contributed by atoms with van der Waals surface area (Å²) in [5.41, 5.74) is 0.804. The van der Waals surface area contributed by atoms with Crippen LogP contribution in [0.1, 0.15) is 37.0 Å². The highest BCUT2D eigenvalue weighted by Gasteiger charge is 2.34. The molecule has 0 bridgehead atoms. The molecule has 2 N–H and O–H groups in total. The minimum atomic E-state index is -0.377. The number of halogens is 1. The van der Waals surface area contributed by atoms with Crippen LogP contribution in [0.3, 0.4) is 0 Å². The van der Waals surface area contributed by atoms with Gasteiger partial charge in [0.05, 0.1) is 17.6 Å². The van der Waals surface area contributed by atoms with Crippen LogP contribution in [0.25, 0.3) is 0 Å². The molecule has 22 heavy (non-hydrogen) atoms. The SMILES string of the molecule is CCOC(=O)c1ccc(NC(=O)C2(C)CCCNC2)cc1.Cl. The Morgan fingerprint density at radius 2 is 2.00 bits per heavy atom. The molecule has 1 atom stereocenters. The van der Waals surface area contributed by atoms with E-state index in [-0.39, 0.29) is 29.7 Å². The van der Waals surface area contributed by atoms with E-state index >= 15 is 0 Å². The second-order valence-electron chi connectivity index (χ2n) is 5.59. The Labute approximate surface area is 137 Å². The van der Waals surface area contributed by atoms with Gasteiger partial charge in [-0.1, -0.05) is 0 Å². The predicted octanol–water partition coefficient (Wildman–Crippen LogP) is 2.61. The van der Waals surface area contributed by atoms with E-state index in [9.17, 15) is 9.59 Å². The first-order chi connectivity index (χ1) is 10.0. The summed E-state index contributed by atoms with van der Waals surface area (Å²) in [6.07, 6.45) is 1.89. The number of hydrogen-bond acceptors (Lipinski definition) is 4. The molecule has 2 rings (SSSR count). The van der Waals surface area contributed by atoms with Gasteiger partial charge in [0.15, 0.2) is 0 Å². The van der Waals surface area contributed by atoms with E-state index in [4.69, 9.17) is 4.74 Å². The van der Waals surface area contributed by atoms with Gasteiger partial charge in [-0.2, -0.15) is 0 Å². The van der Waals surface area contributed by atoms with E-state index < -0.39 is 0 Å². The van der Waals surface area contributed by atoms with Crippen molar-refractivity contribution < 1.29 is 14.3 Å². The quantitative estimate of drug-likeness (QED) is 0.835. The second-order valence-corrected chi connectivity index (χ2v) is 5.59. The molecule has 1 amide bonds. The van der Waals surface area contributed by atoms with Gasteiger partial charge >= 0.3 is 5.97 Å². The maximum absolute atomic E-state index is 12.4. The molecule has 1 aliphatic heterocycles. The average molecular weight is 327 g/mol. The lowest BCUT2D eigenvalue weighted by atomic mass is 9.82. The Kier molecular flexibility index (Phi) is 6.84. The molecule has 122 valence electrons. The van der Waals surface area contributed by atoms with Gasteiger partial charge in [-0.3, -0.25) is 4.79 Å². The number of rotatable bonds is 4. The Hall–Kier alpha value is -1.59. The van der Waals surface area contributed by atoms with E-state index in [1.807, 2.05) is 6.92 Å². The van der Waals surface area contributed by atoms with Crippen LogP contribution in [-0.4, -0.2) is 31.6 Å². The van der Waals surface area contributed by atoms with Gasteiger partial charge in [-0.15, -0.1) is 12.4 Å². The van der Waals surface area contributed by atoms with Crippen molar-refractivity contribution in [2.45, 2.75) is 26.7 Å². The maximum Gasteiger partial charge on any atom is 0.338 e. The number of carbonyl (C=O) groups excluding carboxylic acids is 2. The predicted molar refractivity (Wildman–Crippen MR) is 88.5 cm³/mol. The van der Waals surface area contributed by atoms with Gasteiger partial charge in [-0.05, 0) is 57.5 Å². The summed E-state index contributed by atoms with van der Waals surface area (Å²) in [4.78, 5) is 23.9. The molecule has 0 saturated carbocycles. The Balaban J connectivity index is 0.00000242. The number of hydrogen-bond donors (Lipinski definition) is 2. The molecule has 0 radical (unpaired) electrons. The standard InChI is InChI=1S/C16H22N2O3.ClH/c1-3-21-14(19)12-5-7-13(8-6-12)18-15(20)16(2)9-4-10-17-11-16;/h5-8,17H,3-4,9-11H2,1-2H3,(H,18,20);1H. The number of amides is 1. The fraction of sp³-hybridized carbons (Fsp3) is 0.500. The lowest BCUT2D eigenvalue weighted by Gasteiger charge is -2.32. The normalized spacial score (nSPS) is 20.6. The van der Waals surface area contributed by atoms with E-state index in [0.717, 1.165) is 19.4 Å². The van der Waals surface area contributed by atoms with Crippen molar-refractivity contribution in [1.82, 2.24) is 5.32 Å². The van der Waals surface area contributed by atoms with Gasteiger partial charge in [0.25, 0.3) is 0 Å². The summed E-state index contributed by atoms with van der Waals surface area (Å²) in [5, 5.41) is 6.18. The van der Waals surface area contributed by atoms with Crippen molar-refractivity contribution in [1.29, 1.82) is 0 Å². The Bertz CT molecular complexity index is 511. The van der Waals surface area contributed by atoms with Crippen molar-refractivity contribution in [3.8, 4) is 0 Å². The largest absolute Gasteiger partial charge is 0.462 e. The summed E-state index contributed by atoms with van der Waals surface area (Å²) in [6, 6.07) is 6.78. The zero-order valence-corrected chi connectivity index (χ0v) is 13.8. The van der Waals surface area contributed by atoms with Gasteiger partial charge in [0.2, 0.25) is 5.91 Å². The first-order valence-electron chi connectivity index (χ1n) is 7.34. The van der Waals surface area contributed by atoms with Crippen LogP contribution in [0.4, 0.5) is 5.69 Å². The van der Waals surface area contributed by atoms with E-state index in [2.05, 4.69) is 10.6 Å². The van der Waals surface area contributed by atoms with Gasteiger partial charge in [0, 0.05) is 12.2 Å². The Morgan fingerprint density at radius 1 is 1.32 bits per heavy atom. The smallest absolute Gasteiger partial charge is 0.338 e. The highest BCUT2D eigenvalue weighted by Crippen LogP contribution is 2.27. The molecule has 1 fully saturated rings. The van der Waals surface area contributed by atoms with Crippen LogP contribution >= 0.6 is 12.4 Å². The van der Waals surface area contributed by atoms with Crippen molar-refractivity contribution in [3.05, 3.63) is 29.8 Å². The van der Waals surface area contributed by atoms with Crippen LogP contribution in [0.2, 0.25) is 0 Å². The van der Waals surface area contributed by atoms with E-state index in [1.165, 1.54) is 0 Å². The van der Waals surface area contributed by atoms with Gasteiger partial charge in [0.1, 0.15) is 0 Å². The third-order valence-electron chi connectivity index (χ3n) is 3.80. The molecular formula is C16H23ClN2O3. The van der Waals surface area contributed by atoms with E-state index in [1.54, 1.807) is 31.2 Å². The molecule has 0 aliphatic carbocycles. The van der Waals surface area contributed by atoms with Crippen LogP contribution in [-0.2, 0) is 9.53 Å². The minimum Gasteiger partial charge on any atom is -0.462 e.